The summed E-state index contributed by atoms with van der Waals surface area (Å²) in [7, 11) is 0. The maximum atomic E-state index is 12.7. The summed E-state index contributed by atoms with van der Waals surface area (Å²) < 4.78 is 5.95. The van der Waals surface area contributed by atoms with Gasteiger partial charge in [-0.05, 0) is 67.7 Å². The average molecular weight is 352 g/mol. The van der Waals surface area contributed by atoms with Gasteiger partial charge < -0.3 is 20.1 Å². The predicted octanol–water partition coefficient (Wildman–Crippen LogP) is 3.90. The average Bonchev–Trinajstić information content (AvgIpc) is 2.55. The second-order valence-electron chi connectivity index (χ2n) is 7.49. The number of aromatic hydroxyl groups is 3. The molecule has 3 N–H and O–H groups in total. The van der Waals surface area contributed by atoms with Crippen LogP contribution in [0.2, 0.25) is 0 Å². The lowest BCUT2D eigenvalue weighted by Crippen LogP contribution is -2.28. The van der Waals surface area contributed by atoms with Crippen molar-refractivity contribution in [2.75, 3.05) is 0 Å². The molecule has 1 aliphatic carbocycles. The van der Waals surface area contributed by atoms with Gasteiger partial charge >= 0.3 is 0 Å². The van der Waals surface area contributed by atoms with E-state index in [0.717, 1.165) is 11.1 Å². The van der Waals surface area contributed by atoms with Gasteiger partial charge in [-0.25, -0.2) is 0 Å². The van der Waals surface area contributed by atoms with E-state index in [-0.39, 0.29) is 35.4 Å². The number of Topliss-reactive ketones (excluding diaryl/α,β-unsaturated/α-hetero) is 1. The Balaban J connectivity index is 1.77. The lowest BCUT2D eigenvalue weighted by Gasteiger charge is -2.31. The zero-order chi connectivity index (χ0) is 18.6. The number of fused-ring (bicyclic) bond motifs is 2. The van der Waals surface area contributed by atoms with Crippen molar-refractivity contribution in [3.8, 4) is 23.0 Å². The van der Waals surface area contributed by atoms with E-state index >= 15 is 0 Å². The van der Waals surface area contributed by atoms with Crippen molar-refractivity contribution in [2.24, 2.45) is 0 Å². The molecule has 2 aliphatic rings. The minimum absolute atomic E-state index is 0.0266. The third kappa shape index (κ3) is 2.60. The van der Waals surface area contributed by atoms with E-state index in [0.29, 0.717) is 23.3 Å². The van der Waals surface area contributed by atoms with Crippen molar-refractivity contribution in [3.63, 3.8) is 0 Å². The number of phenols is 3. The fraction of sp³-hybridized carbons (Fsp3) is 0.286. The molecule has 1 atom stereocenters. The Kier molecular flexibility index (Phi) is 3.51. The Bertz CT molecular complexity index is 955. The minimum atomic E-state index is -0.478. The van der Waals surface area contributed by atoms with E-state index in [1.165, 1.54) is 12.1 Å². The van der Waals surface area contributed by atoms with Crippen LogP contribution in [-0.4, -0.2) is 26.7 Å². The largest absolute Gasteiger partial charge is 0.506 e. The number of carbonyl (C=O) groups excluding carboxylic acids is 1. The van der Waals surface area contributed by atoms with E-state index in [1.807, 2.05) is 26.0 Å². The fourth-order valence-electron chi connectivity index (χ4n) is 3.72. The maximum Gasteiger partial charge on any atom is 0.167 e. The summed E-state index contributed by atoms with van der Waals surface area (Å²) in [5.41, 5.74) is 1.93. The Labute approximate surface area is 151 Å². The van der Waals surface area contributed by atoms with Gasteiger partial charge in [-0.15, -0.1) is 0 Å². The van der Waals surface area contributed by atoms with Crippen molar-refractivity contribution < 1.29 is 24.9 Å². The smallest absolute Gasteiger partial charge is 0.167 e. The number of hydrogen-bond donors (Lipinski definition) is 3. The van der Waals surface area contributed by atoms with Crippen molar-refractivity contribution in [3.05, 3.63) is 52.6 Å². The SMILES string of the molecule is CC1(C)C=Cc2c(cc3c(c2O)C(=O)C[C@H](c2ccc(O)c(O)c2)C3)O1. The van der Waals surface area contributed by atoms with Crippen LogP contribution in [0.3, 0.4) is 0 Å². The van der Waals surface area contributed by atoms with Crippen LogP contribution in [-0.2, 0) is 6.42 Å². The summed E-state index contributed by atoms with van der Waals surface area (Å²) in [6, 6.07) is 6.45. The van der Waals surface area contributed by atoms with Gasteiger partial charge in [-0.1, -0.05) is 6.07 Å². The standard InChI is InChI=1S/C21H20O5/c1-21(2)6-5-14-18(26-21)10-13-7-12(9-17(24)19(13)20(14)25)11-3-4-15(22)16(23)8-11/h3-6,8,10,12,22-23,25H,7,9H2,1-2H3/t12-/m1/s1. The molecule has 0 spiro atoms. The third-order valence-corrected chi connectivity index (χ3v) is 5.06. The van der Waals surface area contributed by atoms with Crippen molar-refractivity contribution in [1.82, 2.24) is 0 Å². The van der Waals surface area contributed by atoms with E-state index in [1.54, 1.807) is 12.1 Å². The van der Waals surface area contributed by atoms with E-state index in [9.17, 15) is 20.1 Å². The van der Waals surface area contributed by atoms with Crippen LogP contribution in [0.25, 0.3) is 6.08 Å². The summed E-state index contributed by atoms with van der Waals surface area (Å²) in [5.74, 6) is -0.125. The number of phenolic OH excluding ortho intramolecular Hbond substituents is 3. The summed E-state index contributed by atoms with van der Waals surface area (Å²) >= 11 is 0. The first-order chi connectivity index (χ1) is 12.2. The Morgan fingerprint density at radius 3 is 2.58 bits per heavy atom. The Morgan fingerprint density at radius 1 is 1.08 bits per heavy atom. The molecule has 0 unspecified atom stereocenters. The molecule has 2 aromatic carbocycles. The monoisotopic (exact) mass is 352 g/mol. The molecule has 0 saturated carbocycles. The number of ketones is 1. The summed E-state index contributed by atoms with van der Waals surface area (Å²) in [6.07, 6.45) is 4.43. The number of benzene rings is 2. The number of ether oxygens (including phenoxy) is 1. The molecular formula is C21H20O5. The van der Waals surface area contributed by atoms with E-state index in [2.05, 4.69) is 0 Å². The molecule has 0 radical (unpaired) electrons. The molecule has 0 fully saturated rings. The fourth-order valence-corrected chi connectivity index (χ4v) is 3.72. The van der Waals surface area contributed by atoms with Crippen LogP contribution in [0.1, 0.15) is 53.2 Å². The third-order valence-electron chi connectivity index (χ3n) is 5.06. The van der Waals surface area contributed by atoms with Gasteiger partial charge in [0.25, 0.3) is 0 Å². The second-order valence-corrected chi connectivity index (χ2v) is 7.49. The molecule has 1 heterocycles. The van der Waals surface area contributed by atoms with Crippen LogP contribution in [0.5, 0.6) is 23.0 Å². The van der Waals surface area contributed by atoms with Crippen molar-refractivity contribution >= 4 is 11.9 Å². The van der Waals surface area contributed by atoms with Crippen LogP contribution >= 0.6 is 0 Å². The lowest BCUT2D eigenvalue weighted by atomic mass is 9.78. The topological polar surface area (TPSA) is 87.0 Å². The van der Waals surface area contributed by atoms with Gasteiger partial charge in [0.2, 0.25) is 0 Å². The molecule has 0 saturated heterocycles. The Hall–Kier alpha value is -2.95. The highest BCUT2D eigenvalue weighted by Gasteiger charge is 2.33. The number of carbonyl (C=O) groups is 1. The molecule has 1 aliphatic heterocycles. The molecule has 0 aromatic heterocycles. The summed E-state index contributed by atoms with van der Waals surface area (Å²) in [6.45, 7) is 3.85. The quantitative estimate of drug-likeness (QED) is 0.678. The van der Waals surface area contributed by atoms with Crippen molar-refractivity contribution in [2.45, 2.75) is 38.2 Å². The van der Waals surface area contributed by atoms with Crippen LogP contribution in [0.15, 0.2) is 30.3 Å². The molecule has 0 bridgehead atoms. The highest BCUT2D eigenvalue weighted by atomic mass is 16.5. The molecule has 5 nitrogen and oxygen atoms in total. The Morgan fingerprint density at radius 2 is 1.85 bits per heavy atom. The molecule has 5 heteroatoms. The first kappa shape index (κ1) is 16.5. The summed E-state index contributed by atoms with van der Waals surface area (Å²) in [4.78, 5) is 12.7. The lowest BCUT2D eigenvalue weighted by molar-refractivity contribution is 0.0960. The highest BCUT2D eigenvalue weighted by Crippen LogP contribution is 2.45. The summed E-state index contributed by atoms with van der Waals surface area (Å²) in [5, 5.41) is 29.9. The van der Waals surface area contributed by atoms with Gasteiger partial charge in [-0.2, -0.15) is 0 Å². The van der Waals surface area contributed by atoms with E-state index < -0.39 is 5.60 Å². The van der Waals surface area contributed by atoms with Crippen LogP contribution in [0, 0.1) is 0 Å². The molecule has 2 aromatic rings. The zero-order valence-electron chi connectivity index (χ0n) is 14.6. The maximum absolute atomic E-state index is 12.7. The molecule has 0 amide bonds. The predicted molar refractivity (Wildman–Crippen MR) is 97.0 cm³/mol. The molecule has 26 heavy (non-hydrogen) atoms. The number of rotatable bonds is 1. The molecular weight excluding hydrogens is 332 g/mol. The second kappa shape index (κ2) is 5.53. The first-order valence-electron chi connectivity index (χ1n) is 8.57. The van der Waals surface area contributed by atoms with Crippen molar-refractivity contribution in [1.29, 1.82) is 0 Å². The van der Waals surface area contributed by atoms with Gasteiger partial charge in [0, 0.05) is 6.42 Å². The van der Waals surface area contributed by atoms with Crippen LogP contribution < -0.4 is 4.74 Å². The molecule has 4 rings (SSSR count). The van der Waals surface area contributed by atoms with Gasteiger partial charge in [0.1, 0.15) is 17.1 Å². The van der Waals surface area contributed by atoms with Gasteiger partial charge in [-0.3, -0.25) is 4.79 Å². The number of hydrogen-bond acceptors (Lipinski definition) is 5. The highest BCUT2D eigenvalue weighted by molar-refractivity contribution is 6.03. The van der Waals surface area contributed by atoms with E-state index in [4.69, 9.17) is 4.74 Å². The normalized spacial score (nSPS) is 20.2. The zero-order valence-corrected chi connectivity index (χ0v) is 14.6. The first-order valence-corrected chi connectivity index (χ1v) is 8.57. The van der Waals surface area contributed by atoms with Gasteiger partial charge in [0.05, 0.1) is 11.1 Å². The molecule has 134 valence electrons. The van der Waals surface area contributed by atoms with Crippen LogP contribution in [0.4, 0.5) is 0 Å². The minimum Gasteiger partial charge on any atom is -0.506 e. The van der Waals surface area contributed by atoms with Gasteiger partial charge in [0.15, 0.2) is 17.3 Å².